The van der Waals surface area contributed by atoms with Crippen LogP contribution in [0.3, 0.4) is 0 Å². The largest absolute Gasteiger partial charge is 0.376 e. The highest BCUT2D eigenvalue weighted by Crippen LogP contribution is 2.21. The lowest BCUT2D eigenvalue weighted by Crippen LogP contribution is -2.47. The van der Waals surface area contributed by atoms with Gasteiger partial charge in [0, 0.05) is 29.9 Å². The van der Waals surface area contributed by atoms with E-state index in [1.807, 2.05) is 17.5 Å². The molecule has 116 valence electrons. The normalized spacial score (nSPS) is 19.0. The number of carbonyl (C=O) groups excluding carboxylic acids is 1. The van der Waals surface area contributed by atoms with E-state index in [1.165, 1.54) is 11.3 Å². The predicted molar refractivity (Wildman–Crippen MR) is 84.1 cm³/mol. The number of nitrogens with zero attached hydrogens (tertiary/aromatic N) is 2. The Labute approximate surface area is 132 Å². The standard InChI is InChI=1S/C15H18N4O2S/c16-14(12-2-1-7-21-12)15(20)18-8-13-19-11(9-22-13)10-3-5-17-6-4-10/h3-6,9,12,14H,1-2,7-8,16H2,(H,18,20). The maximum atomic E-state index is 12.0. The Morgan fingerprint density at radius 2 is 2.32 bits per heavy atom. The summed E-state index contributed by atoms with van der Waals surface area (Å²) < 4.78 is 5.45. The van der Waals surface area contributed by atoms with Gasteiger partial charge in [-0.25, -0.2) is 4.98 Å². The van der Waals surface area contributed by atoms with Gasteiger partial charge < -0.3 is 15.8 Å². The van der Waals surface area contributed by atoms with Crippen molar-refractivity contribution in [1.82, 2.24) is 15.3 Å². The Bertz CT molecular complexity index is 625. The molecule has 0 spiro atoms. The summed E-state index contributed by atoms with van der Waals surface area (Å²) in [6.45, 7) is 1.07. The minimum Gasteiger partial charge on any atom is -0.376 e. The summed E-state index contributed by atoms with van der Waals surface area (Å²) in [7, 11) is 0. The van der Waals surface area contributed by atoms with E-state index in [1.54, 1.807) is 12.4 Å². The van der Waals surface area contributed by atoms with E-state index in [0.717, 1.165) is 29.1 Å². The average Bonchev–Trinajstić information content (AvgIpc) is 3.24. The molecule has 3 N–H and O–H groups in total. The van der Waals surface area contributed by atoms with Crippen LogP contribution in [0.5, 0.6) is 0 Å². The summed E-state index contributed by atoms with van der Waals surface area (Å²) in [4.78, 5) is 20.5. The SMILES string of the molecule is NC(C(=O)NCc1nc(-c2ccncc2)cs1)C1CCCO1. The zero-order chi connectivity index (χ0) is 15.4. The Hall–Kier alpha value is -1.83. The molecule has 2 aromatic heterocycles. The average molecular weight is 318 g/mol. The number of carbonyl (C=O) groups is 1. The highest BCUT2D eigenvalue weighted by atomic mass is 32.1. The Kier molecular flexibility index (Phi) is 4.77. The van der Waals surface area contributed by atoms with Crippen molar-refractivity contribution in [3.8, 4) is 11.3 Å². The van der Waals surface area contributed by atoms with Crippen LogP contribution in [0.2, 0.25) is 0 Å². The van der Waals surface area contributed by atoms with E-state index in [9.17, 15) is 4.79 Å². The lowest BCUT2D eigenvalue weighted by Gasteiger charge is -2.17. The number of rotatable bonds is 5. The lowest BCUT2D eigenvalue weighted by atomic mass is 10.1. The Morgan fingerprint density at radius 1 is 1.50 bits per heavy atom. The molecule has 0 radical (unpaired) electrons. The highest BCUT2D eigenvalue weighted by molar-refractivity contribution is 7.09. The molecule has 1 aliphatic rings. The van der Waals surface area contributed by atoms with E-state index >= 15 is 0 Å². The van der Waals surface area contributed by atoms with Crippen molar-refractivity contribution in [3.05, 3.63) is 34.9 Å². The van der Waals surface area contributed by atoms with E-state index < -0.39 is 6.04 Å². The van der Waals surface area contributed by atoms with Gasteiger partial charge in [0.25, 0.3) is 0 Å². The number of hydrogen-bond acceptors (Lipinski definition) is 6. The molecule has 2 atom stereocenters. The summed E-state index contributed by atoms with van der Waals surface area (Å²) in [5.74, 6) is -0.187. The highest BCUT2D eigenvalue weighted by Gasteiger charge is 2.28. The molecule has 1 aliphatic heterocycles. The number of hydrogen-bond donors (Lipinski definition) is 2. The molecule has 7 heteroatoms. The topological polar surface area (TPSA) is 90.1 Å². The van der Waals surface area contributed by atoms with Gasteiger partial charge in [0.15, 0.2) is 0 Å². The van der Waals surface area contributed by atoms with Gasteiger partial charge in [0.05, 0.1) is 18.3 Å². The molecule has 3 heterocycles. The molecule has 1 amide bonds. The number of aromatic nitrogens is 2. The quantitative estimate of drug-likeness (QED) is 0.868. The van der Waals surface area contributed by atoms with Crippen molar-refractivity contribution in [2.45, 2.75) is 31.5 Å². The van der Waals surface area contributed by atoms with Crippen LogP contribution < -0.4 is 11.1 Å². The van der Waals surface area contributed by atoms with Crippen LogP contribution in [-0.4, -0.2) is 34.6 Å². The molecule has 0 saturated carbocycles. The van der Waals surface area contributed by atoms with Crippen molar-refractivity contribution in [1.29, 1.82) is 0 Å². The molecule has 0 aliphatic carbocycles. The number of nitrogens with two attached hydrogens (primary N) is 1. The fourth-order valence-corrected chi connectivity index (χ4v) is 3.13. The molecule has 2 unspecified atom stereocenters. The minimum absolute atomic E-state index is 0.163. The summed E-state index contributed by atoms with van der Waals surface area (Å²) in [5, 5.41) is 5.65. The van der Waals surface area contributed by atoms with Crippen LogP contribution in [0.4, 0.5) is 0 Å². The summed E-state index contributed by atoms with van der Waals surface area (Å²) in [5.41, 5.74) is 7.82. The Balaban J connectivity index is 1.55. The number of ether oxygens (including phenoxy) is 1. The van der Waals surface area contributed by atoms with Crippen molar-refractivity contribution in [3.63, 3.8) is 0 Å². The maximum absolute atomic E-state index is 12.0. The number of thiazole rings is 1. The van der Waals surface area contributed by atoms with Crippen LogP contribution in [0, 0.1) is 0 Å². The van der Waals surface area contributed by atoms with Crippen LogP contribution in [0.25, 0.3) is 11.3 Å². The first-order valence-electron chi connectivity index (χ1n) is 7.24. The maximum Gasteiger partial charge on any atom is 0.239 e. The lowest BCUT2D eigenvalue weighted by molar-refractivity contribution is -0.125. The third-order valence-corrected chi connectivity index (χ3v) is 4.46. The van der Waals surface area contributed by atoms with Gasteiger partial charge >= 0.3 is 0 Å². The second kappa shape index (κ2) is 6.95. The zero-order valence-electron chi connectivity index (χ0n) is 12.1. The molecule has 0 bridgehead atoms. The zero-order valence-corrected chi connectivity index (χ0v) is 12.9. The molecule has 2 aromatic rings. The van der Waals surface area contributed by atoms with Gasteiger partial charge in [0.1, 0.15) is 11.0 Å². The minimum atomic E-state index is -0.609. The van der Waals surface area contributed by atoms with Crippen molar-refractivity contribution in [2.24, 2.45) is 5.73 Å². The van der Waals surface area contributed by atoms with Crippen molar-refractivity contribution < 1.29 is 9.53 Å². The van der Waals surface area contributed by atoms with Crippen LogP contribution in [-0.2, 0) is 16.1 Å². The van der Waals surface area contributed by atoms with Crippen LogP contribution in [0.15, 0.2) is 29.9 Å². The second-order valence-corrected chi connectivity index (χ2v) is 6.10. The smallest absolute Gasteiger partial charge is 0.239 e. The van der Waals surface area contributed by atoms with Crippen LogP contribution >= 0.6 is 11.3 Å². The van der Waals surface area contributed by atoms with Gasteiger partial charge in [0.2, 0.25) is 5.91 Å². The summed E-state index contributed by atoms with van der Waals surface area (Å²) >= 11 is 1.51. The first kappa shape index (κ1) is 15.1. The fourth-order valence-electron chi connectivity index (χ4n) is 2.38. The van der Waals surface area contributed by atoms with Gasteiger partial charge in [-0.3, -0.25) is 9.78 Å². The first-order valence-corrected chi connectivity index (χ1v) is 8.11. The molecule has 1 saturated heterocycles. The van der Waals surface area contributed by atoms with E-state index in [2.05, 4.69) is 15.3 Å². The molecule has 3 rings (SSSR count). The fraction of sp³-hybridized carbons (Fsp3) is 0.400. The monoisotopic (exact) mass is 318 g/mol. The molecule has 22 heavy (non-hydrogen) atoms. The molecular formula is C15H18N4O2S. The Morgan fingerprint density at radius 3 is 3.05 bits per heavy atom. The second-order valence-electron chi connectivity index (χ2n) is 5.16. The van der Waals surface area contributed by atoms with Crippen molar-refractivity contribution >= 4 is 17.2 Å². The van der Waals surface area contributed by atoms with E-state index in [0.29, 0.717) is 13.2 Å². The number of amides is 1. The molecule has 1 fully saturated rings. The van der Waals surface area contributed by atoms with Gasteiger partial charge in [-0.15, -0.1) is 11.3 Å². The van der Waals surface area contributed by atoms with E-state index in [4.69, 9.17) is 10.5 Å². The van der Waals surface area contributed by atoms with Gasteiger partial charge in [-0.05, 0) is 25.0 Å². The summed E-state index contributed by atoms with van der Waals surface area (Å²) in [6, 6.07) is 3.21. The van der Waals surface area contributed by atoms with E-state index in [-0.39, 0.29) is 12.0 Å². The molecular weight excluding hydrogens is 300 g/mol. The van der Waals surface area contributed by atoms with Crippen molar-refractivity contribution in [2.75, 3.05) is 6.61 Å². The third kappa shape index (κ3) is 3.49. The molecule has 6 nitrogen and oxygen atoms in total. The first-order chi connectivity index (χ1) is 10.7. The van der Waals surface area contributed by atoms with Gasteiger partial charge in [-0.2, -0.15) is 0 Å². The third-order valence-electron chi connectivity index (χ3n) is 3.61. The number of nitrogens with one attached hydrogen (secondary N) is 1. The van der Waals surface area contributed by atoms with Crippen LogP contribution in [0.1, 0.15) is 17.8 Å². The number of pyridine rings is 1. The molecule has 0 aromatic carbocycles. The predicted octanol–water partition coefficient (Wildman–Crippen LogP) is 1.33. The summed E-state index contributed by atoms with van der Waals surface area (Å²) in [6.07, 6.45) is 5.11. The van der Waals surface area contributed by atoms with Gasteiger partial charge in [-0.1, -0.05) is 0 Å².